The van der Waals surface area contributed by atoms with Gasteiger partial charge < -0.3 is 21.3 Å². The Labute approximate surface area is 163 Å². The fourth-order valence-corrected chi connectivity index (χ4v) is 2.92. The molecule has 3 heterocycles. The molecular weight excluding hydrogens is 358 g/mol. The molecule has 10 nitrogen and oxygen atoms in total. The van der Waals surface area contributed by atoms with E-state index in [9.17, 15) is 4.79 Å². The third kappa shape index (κ3) is 5.11. The van der Waals surface area contributed by atoms with Crippen LogP contribution in [0.15, 0.2) is 18.5 Å². The lowest BCUT2D eigenvalue weighted by molar-refractivity contribution is 0.0950. The van der Waals surface area contributed by atoms with Crippen molar-refractivity contribution in [3.05, 3.63) is 29.8 Å². The fraction of sp³-hybridized carbons (Fsp3) is 0.444. The molecule has 0 bridgehead atoms. The van der Waals surface area contributed by atoms with Crippen LogP contribution in [-0.4, -0.2) is 52.3 Å². The summed E-state index contributed by atoms with van der Waals surface area (Å²) in [4.78, 5) is 20.4. The monoisotopic (exact) mass is 381 g/mol. The maximum absolute atomic E-state index is 12.3. The van der Waals surface area contributed by atoms with Crippen LogP contribution in [0, 0.1) is 17.2 Å². The van der Waals surface area contributed by atoms with Gasteiger partial charge in [0.1, 0.15) is 11.9 Å². The number of hydrogen-bond acceptors (Lipinski definition) is 9. The van der Waals surface area contributed by atoms with Gasteiger partial charge in [-0.25, -0.2) is 9.97 Å². The molecule has 1 aliphatic rings. The second kappa shape index (κ2) is 9.57. The number of carbonyl (C=O) groups excluding carboxylic acids is 1. The van der Waals surface area contributed by atoms with Crippen LogP contribution >= 0.6 is 0 Å². The number of anilines is 3. The summed E-state index contributed by atoms with van der Waals surface area (Å²) < 4.78 is 0. The first-order valence-corrected chi connectivity index (χ1v) is 9.29. The predicted octanol–water partition coefficient (Wildman–Crippen LogP) is 1.04. The Bertz CT molecular complexity index is 841. The molecule has 0 spiro atoms. The number of nitrogens with zero attached hydrogens (tertiary/aromatic N) is 5. The molecule has 4 N–H and O–H groups in total. The number of carbonyl (C=O) groups is 1. The molecule has 1 saturated heterocycles. The number of aromatic nitrogens is 4. The first-order valence-electron chi connectivity index (χ1n) is 9.29. The van der Waals surface area contributed by atoms with Crippen molar-refractivity contribution in [3.8, 4) is 6.07 Å². The zero-order chi connectivity index (χ0) is 19.8. The molecule has 1 aliphatic heterocycles. The Hall–Kier alpha value is -3.32. The van der Waals surface area contributed by atoms with Gasteiger partial charge in [-0.3, -0.25) is 4.79 Å². The van der Waals surface area contributed by atoms with Crippen LogP contribution in [0.2, 0.25) is 0 Å². The van der Waals surface area contributed by atoms with Crippen LogP contribution in [0.5, 0.6) is 0 Å². The number of piperidine rings is 1. The summed E-state index contributed by atoms with van der Waals surface area (Å²) in [5.74, 6) is 1.13. The van der Waals surface area contributed by atoms with Gasteiger partial charge >= 0.3 is 0 Å². The Morgan fingerprint density at radius 2 is 2.07 bits per heavy atom. The maximum Gasteiger partial charge on any atom is 0.273 e. The summed E-state index contributed by atoms with van der Waals surface area (Å²) in [6.07, 6.45) is 5.00. The topological polar surface area (TPSA) is 141 Å². The molecule has 2 aromatic rings. The van der Waals surface area contributed by atoms with Crippen molar-refractivity contribution in [2.24, 2.45) is 5.92 Å². The smallest absolute Gasteiger partial charge is 0.273 e. The number of nitriles is 1. The second-order valence-electron chi connectivity index (χ2n) is 6.45. The number of amides is 1. The molecule has 0 aromatic carbocycles. The molecule has 0 aliphatic carbocycles. The lowest BCUT2D eigenvalue weighted by Crippen LogP contribution is -2.32. The first kappa shape index (κ1) is 19.4. The lowest BCUT2D eigenvalue weighted by Gasteiger charge is -2.23. The van der Waals surface area contributed by atoms with E-state index in [-0.39, 0.29) is 17.3 Å². The minimum atomic E-state index is -0.271. The maximum atomic E-state index is 12.3. The van der Waals surface area contributed by atoms with Crippen LogP contribution in [0.1, 0.15) is 35.9 Å². The van der Waals surface area contributed by atoms with Crippen molar-refractivity contribution in [1.82, 2.24) is 30.8 Å². The van der Waals surface area contributed by atoms with Crippen molar-refractivity contribution in [2.45, 2.75) is 19.8 Å². The molecule has 10 heteroatoms. The normalized spacial score (nSPS) is 14.1. The molecule has 3 rings (SSSR count). The minimum Gasteiger partial charge on any atom is -0.383 e. The van der Waals surface area contributed by atoms with Crippen LogP contribution < -0.4 is 21.3 Å². The molecule has 1 fully saturated rings. The van der Waals surface area contributed by atoms with Gasteiger partial charge in [0, 0.05) is 19.2 Å². The fourth-order valence-electron chi connectivity index (χ4n) is 2.92. The van der Waals surface area contributed by atoms with E-state index in [0.717, 1.165) is 32.5 Å². The molecule has 146 valence electrons. The highest BCUT2D eigenvalue weighted by atomic mass is 16.1. The van der Waals surface area contributed by atoms with Crippen molar-refractivity contribution >= 4 is 23.2 Å². The average molecular weight is 381 g/mol. The van der Waals surface area contributed by atoms with Gasteiger partial charge in [-0.2, -0.15) is 5.26 Å². The molecule has 0 atom stereocenters. The van der Waals surface area contributed by atoms with Crippen LogP contribution in [0.25, 0.3) is 0 Å². The Kier molecular flexibility index (Phi) is 6.64. The molecule has 0 unspecified atom stereocenters. The predicted molar refractivity (Wildman–Crippen MR) is 104 cm³/mol. The van der Waals surface area contributed by atoms with Crippen LogP contribution in [0.4, 0.5) is 17.3 Å². The summed E-state index contributed by atoms with van der Waals surface area (Å²) in [5.41, 5.74) is 1.10. The van der Waals surface area contributed by atoms with Crippen molar-refractivity contribution in [2.75, 3.05) is 36.8 Å². The van der Waals surface area contributed by atoms with E-state index >= 15 is 0 Å². The van der Waals surface area contributed by atoms with Crippen molar-refractivity contribution < 1.29 is 4.79 Å². The van der Waals surface area contributed by atoms with Crippen LogP contribution in [0.3, 0.4) is 0 Å². The van der Waals surface area contributed by atoms with Gasteiger partial charge in [-0.05, 0) is 38.8 Å². The highest BCUT2D eigenvalue weighted by Crippen LogP contribution is 2.21. The summed E-state index contributed by atoms with van der Waals surface area (Å²) in [6, 6.07) is 3.65. The zero-order valence-electron chi connectivity index (χ0n) is 15.7. The molecular formula is C18H23N9O. The quantitative estimate of drug-likeness (QED) is 0.553. The van der Waals surface area contributed by atoms with E-state index in [2.05, 4.69) is 41.4 Å². The summed E-state index contributed by atoms with van der Waals surface area (Å²) in [6.45, 7) is 5.14. The first-order chi connectivity index (χ1) is 13.7. The van der Waals surface area contributed by atoms with Crippen LogP contribution in [-0.2, 0) is 0 Å². The molecule has 1 amide bonds. The van der Waals surface area contributed by atoms with Gasteiger partial charge in [0.25, 0.3) is 5.91 Å². The number of rotatable bonds is 7. The molecule has 2 aromatic heterocycles. The van der Waals surface area contributed by atoms with E-state index in [4.69, 9.17) is 5.26 Å². The van der Waals surface area contributed by atoms with E-state index in [1.807, 2.05) is 13.0 Å². The third-order valence-corrected chi connectivity index (χ3v) is 4.41. The Balaban J connectivity index is 1.77. The van der Waals surface area contributed by atoms with Gasteiger partial charge in [0.2, 0.25) is 0 Å². The highest BCUT2D eigenvalue weighted by molar-refractivity contribution is 5.97. The molecule has 0 radical (unpaired) electrons. The lowest BCUT2D eigenvalue weighted by atomic mass is 9.98. The van der Waals surface area contributed by atoms with Gasteiger partial charge in [0.15, 0.2) is 17.2 Å². The highest BCUT2D eigenvalue weighted by Gasteiger charge is 2.18. The largest absolute Gasteiger partial charge is 0.383 e. The SMILES string of the molecule is CCNC(=O)c1nnc(Nc2cnc(C#N)cn2)cc1NCC1CCNCC1. The number of hydrogen-bond donors (Lipinski definition) is 4. The van der Waals surface area contributed by atoms with E-state index in [1.165, 1.54) is 12.4 Å². The van der Waals surface area contributed by atoms with Gasteiger partial charge in [-0.1, -0.05) is 0 Å². The summed E-state index contributed by atoms with van der Waals surface area (Å²) in [7, 11) is 0. The van der Waals surface area contributed by atoms with Gasteiger partial charge in [0.05, 0.1) is 18.1 Å². The molecule has 0 saturated carbocycles. The van der Waals surface area contributed by atoms with E-state index < -0.39 is 0 Å². The number of nitrogens with one attached hydrogen (secondary N) is 4. The zero-order valence-corrected chi connectivity index (χ0v) is 15.7. The van der Waals surface area contributed by atoms with Crippen molar-refractivity contribution in [1.29, 1.82) is 5.26 Å². The van der Waals surface area contributed by atoms with Crippen molar-refractivity contribution in [3.63, 3.8) is 0 Å². The van der Waals surface area contributed by atoms with E-state index in [1.54, 1.807) is 6.07 Å². The summed E-state index contributed by atoms with van der Waals surface area (Å²) >= 11 is 0. The average Bonchev–Trinajstić information content (AvgIpc) is 2.74. The second-order valence-corrected chi connectivity index (χ2v) is 6.45. The third-order valence-electron chi connectivity index (χ3n) is 4.41. The molecule has 28 heavy (non-hydrogen) atoms. The standard InChI is InChI=1S/C18H23N9O/c1-2-21-18(28)17-14(23-9-12-3-5-20-6-4-12)7-15(26-27-17)25-16-11-22-13(8-19)10-24-16/h7,10-12,20H,2-6,9H2,1H3,(H,21,28)(H2,23,24,25,26). The Morgan fingerprint density at radius 3 is 2.75 bits per heavy atom. The van der Waals surface area contributed by atoms with Gasteiger partial charge in [-0.15, -0.1) is 10.2 Å². The minimum absolute atomic E-state index is 0.229. The summed E-state index contributed by atoms with van der Waals surface area (Å²) in [5, 5.41) is 29.4. The Morgan fingerprint density at radius 1 is 1.25 bits per heavy atom. The van der Waals surface area contributed by atoms with E-state index in [0.29, 0.717) is 29.8 Å².